The minimum absolute atomic E-state index is 0.0820. The molecule has 0 N–H and O–H groups in total. The molecule has 5 nitrogen and oxygen atoms in total. The van der Waals surface area contributed by atoms with Gasteiger partial charge in [0, 0.05) is 23.1 Å². The van der Waals surface area contributed by atoms with Gasteiger partial charge in [0.05, 0.1) is 17.8 Å². The second-order valence-corrected chi connectivity index (χ2v) is 9.59. The molecule has 5 aromatic rings. The number of aromatic nitrogens is 4. The van der Waals surface area contributed by atoms with E-state index in [0.29, 0.717) is 32.6 Å². The molecule has 0 aliphatic heterocycles. The molecule has 0 atom stereocenters. The van der Waals surface area contributed by atoms with Crippen LogP contribution in [0.25, 0.3) is 28.0 Å². The van der Waals surface area contributed by atoms with Crippen LogP contribution in [0.5, 0.6) is 0 Å². The van der Waals surface area contributed by atoms with Crippen LogP contribution in [0, 0.1) is 0 Å². The molecule has 0 spiro atoms. The van der Waals surface area contributed by atoms with E-state index in [1.165, 1.54) is 33.0 Å². The minimum Gasteiger partial charge on any atom is -0.245 e. The highest BCUT2D eigenvalue weighted by molar-refractivity contribution is 7.98. The number of benzene rings is 3. The van der Waals surface area contributed by atoms with Gasteiger partial charge in [-0.15, -0.1) is 5.10 Å². The van der Waals surface area contributed by atoms with Crippen LogP contribution in [0.4, 0.5) is 8.78 Å². The summed E-state index contributed by atoms with van der Waals surface area (Å²) in [6, 6.07) is 22.9. The van der Waals surface area contributed by atoms with Crippen molar-refractivity contribution in [2.75, 3.05) is 6.26 Å². The van der Waals surface area contributed by atoms with Crippen molar-refractivity contribution in [3.8, 4) is 22.4 Å². The Morgan fingerprint density at radius 1 is 0.944 bits per heavy atom. The topological polar surface area (TPSA) is 52.2 Å². The number of thioether (sulfide) groups is 1. The summed E-state index contributed by atoms with van der Waals surface area (Å²) in [5.74, 6) is -2.93. The van der Waals surface area contributed by atoms with Gasteiger partial charge in [-0.1, -0.05) is 90.1 Å². The summed E-state index contributed by atoms with van der Waals surface area (Å²) in [5, 5.41) is 5.81. The molecule has 0 saturated carbocycles. The van der Waals surface area contributed by atoms with Gasteiger partial charge >= 0.3 is 5.69 Å². The number of fused-ring (bicyclic) bond motifs is 1. The lowest BCUT2D eigenvalue weighted by Gasteiger charge is -2.13. The number of nitrogens with zero attached hydrogens (tertiary/aromatic N) is 4. The van der Waals surface area contributed by atoms with Gasteiger partial charge in [-0.3, -0.25) is 0 Å². The normalized spacial score (nSPS) is 11.8. The van der Waals surface area contributed by atoms with E-state index in [9.17, 15) is 13.6 Å². The maximum atomic E-state index is 13.6. The molecule has 0 fully saturated rings. The predicted octanol–water partition coefficient (Wildman–Crippen LogP) is 6.76. The highest BCUT2D eigenvalue weighted by Crippen LogP contribution is 2.35. The van der Waals surface area contributed by atoms with Crippen molar-refractivity contribution in [3.63, 3.8) is 0 Å². The Kier molecular flexibility index (Phi) is 6.40. The molecule has 9 heteroatoms. The summed E-state index contributed by atoms with van der Waals surface area (Å²) in [6.07, 6.45) is 1.85. The van der Waals surface area contributed by atoms with E-state index in [-0.39, 0.29) is 17.8 Å². The van der Waals surface area contributed by atoms with E-state index >= 15 is 0 Å². The Morgan fingerprint density at radius 3 is 2.22 bits per heavy atom. The molecule has 0 aliphatic carbocycles. The number of halogens is 3. The zero-order chi connectivity index (χ0) is 25.4. The molecule has 2 heterocycles. The van der Waals surface area contributed by atoms with E-state index in [1.54, 1.807) is 24.3 Å². The Morgan fingerprint density at radius 2 is 1.61 bits per heavy atom. The highest BCUT2D eigenvalue weighted by atomic mass is 35.5. The summed E-state index contributed by atoms with van der Waals surface area (Å²) in [7, 11) is 0. The maximum absolute atomic E-state index is 13.6. The molecule has 5 rings (SSSR count). The maximum Gasteiger partial charge on any atom is 0.352 e. The fourth-order valence-corrected chi connectivity index (χ4v) is 4.71. The van der Waals surface area contributed by atoms with Crippen LogP contribution < -0.4 is 5.69 Å². The lowest BCUT2D eigenvalue weighted by molar-refractivity contribution is 0.0174. The van der Waals surface area contributed by atoms with E-state index in [0.717, 1.165) is 18.1 Å². The summed E-state index contributed by atoms with van der Waals surface area (Å²) >= 11 is 7.46. The smallest absolute Gasteiger partial charge is 0.245 e. The molecule has 182 valence electrons. The van der Waals surface area contributed by atoms with E-state index < -0.39 is 5.92 Å². The van der Waals surface area contributed by atoms with Crippen molar-refractivity contribution in [3.05, 3.63) is 105 Å². The van der Waals surface area contributed by atoms with Gasteiger partial charge in [0.2, 0.25) is 0 Å². The van der Waals surface area contributed by atoms with Crippen molar-refractivity contribution < 1.29 is 8.78 Å². The summed E-state index contributed by atoms with van der Waals surface area (Å²) in [4.78, 5) is 18.3. The van der Waals surface area contributed by atoms with Gasteiger partial charge in [-0.2, -0.15) is 0 Å². The fraction of sp³-hybridized carbons (Fsp3) is 0.148. The third-order valence-electron chi connectivity index (χ3n) is 5.85. The first-order valence-corrected chi connectivity index (χ1v) is 12.7. The molecule has 0 radical (unpaired) electrons. The van der Waals surface area contributed by atoms with Crippen molar-refractivity contribution in [1.82, 2.24) is 19.2 Å². The van der Waals surface area contributed by atoms with Crippen molar-refractivity contribution in [1.29, 1.82) is 0 Å². The van der Waals surface area contributed by atoms with E-state index in [2.05, 4.69) is 0 Å². The lowest BCUT2D eigenvalue weighted by Crippen LogP contribution is -2.23. The minimum atomic E-state index is -2.93. The second kappa shape index (κ2) is 9.52. The van der Waals surface area contributed by atoms with E-state index in [1.807, 2.05) is 48.7 Å². The van der Waals surface area contributed by atoms with Gasteiger partial charge in [0.15, 0.2) is 10.8 Å². The van der Waals surface area contributed by atoms with Crippen LogP contribution in [0.15, 0.2) is 88.8 Å². The molecule has 0 amide bonds. The number of hydrogen-bond acceptors (Lipinski definition) is 4. The Balaban J connectivity index is 1.72. The molecular formula is C27H21ClF2N4OS. The van der Waals surface area contributed by atoms with Crippen LogP contribution in [0.2, 0.25) is 5.02 Å². The van der Waals surface area contributed by atoms with Gasteiger partial charge in [0.1, 0.15) is 0 Å². The third kappa shape index (κ3) is 4.54. The summed E-state index contributed by atoms with van der Waals surface area (Å²) < 4.78 is 30.1. The Labute approximate surface area is 215 Å². The Hall–Kier alpha value is -3.49. The summed E-state index contributed by atoms with van der Waals surface area (Å²) in [5.41, 5.74) is 3.81. The van der Waals surface area contributed by atoms with Gasteiger partial charge in [-0.05, 0) is 29.5 Å². The van der Waals surface area contributed by atoms with Gasteiger partial charge in [-0.25, -0.2) is 27.6 Å². The monoisotopic (exact) mass is 522 g/mol. The molecule has 3 aromatic carbocycles. The zero-order valence-electron chi connectivity index (χ0n) is 19.5. The lowest BCUT2D eigenvalue weighted by atomic mass is 10.0. The highest BCUT2D eigenvalue weighted by Gasteiger charge is 2.24. The number of rotatable bonds is 6. The van der Waals surface area contributed by atoms with Crippen LogP contribution in [-0.4, -0.2) is 25.4 Å². The van der Waals surface area contributed by atoms with Crippen LogP contribution in [0.1, 0.15) is 18.1 Å². The van der Waals surface area contributed by atoms with Crippen LogP contribution in [-0.2, 0) is 12.5 Å². The quantitative estimate of drug-likeness (QED) is 0.183. The zero-order valence-corrected chi connectivity index (χ0v) is 21.0. The third-order valence-corrected chi connectivity index (χ3v) is 6.75. The largest absolute Gasteiger partial charge is 0.352 e. The number of hydrogen-bond donors (Lipinski definition) is 0. The van der Waals surface area contributed by atoms with Gasteiger partial charge < -0.3 is 0 Å². The number of alkyl halides is 2. The molecule has 36 heavy (non-hydrogen) atoms. The van der Waals surface area contributed by atoms with Gasteiger partial charge in [0.25, 0.3) is 5.92 Å². The molecule has 0 aliphatic rings. The SMILES string of the molecule is CSc1nc(-c2ccc(Cl)cc2)c(-c2ccccc2)c2nn(Cc3ccc(C(C)(F)F)cc3)c(=O)n12. The predicted molar refractivity (Wildman–Crippen MR) is 140 cm³/mol. The first-order valence-electron chi connectivity index (χ1n) is 11.1. The fourth-order valence-electron chi connectivity index (χ4n) is 4.05. The first-order chi connectivity index (χ1) is 17.3. The standard InChI is InChI=1S/C27H21ClF2N4OS/c1-27(29,30)20-12-8-17(9-13-20)16-33-26(35)34-24(32-33)22(18-6-4-3-5-7-18)23(31-25(34)36-2)19-10-14-21(28)15-11-19/h3-15H,16H2,1-2H3. The molecule has 0 bridgehead atoms. The average Bonchev–Trinajstić information content (AvgIpc) is 3.19. The molecule has 0 unspecified atom stereocenters. The first kappa shape index (κ1) is 24.2. The molecule has 2 aromatic heterocycles. The van der Waals surface area contributed by atoms with Crippen molar-refractivity contribution in [2.24, 2.45) is 0 Å². The Bertz CT molecular complexity index is 1590. The van der Waals surface area contributed by atoms with E-state index in [4.69, 9.17) is 21.7 Å². The molecule has 0 saturated heterocycles. The second-order valence-electron chi connectivity index (χ2n) is 8.38. The van der Waals surface area contributed by atoms with Crippen LogP contribution in [0.3, 0.4) is 0 Å². The summed E-state index contributed by atoms with van der Waals surface area (Å²) in [6.45, 7) is 0.989. The molecular weight excluding hydrogens is 502 g/mol. The van der Waals surface area contributed by atoms with Crippen molar-refractivity contribution >= 4 is 29.0 Å². The van der Waals surface area contributed by atoms with Crippen LogP contribution >= 0.6 is 23.4 Å². The average molecular weight is 523 g/mol. The van der Waals surface area contributed by atoms with Crippen molar-refractivity contribution in [2.45, 2.75) is 24.5 Å².